The van der Waals surface area contributed by atoms with Gasteiger partial charge in [0.15, 0.2) is 0 Å². The highest BCUT2D eigenvalue weighted by molar-refractivity contribution is 5.88. The summed E-state index contributed by atoms with van der Waals surface area (Å²) in [6.07, 6.45) is 7.72. The lowest BCUT2D eigenvalue weighted by Crippen LogP contribution is -2.44. The van der Waals surface area contributed by atoms with Crippen molar-refractivity contribution in [3.63, 3.8) is 0 Å². The van der Waals surface area contributed by atoms with Crippen LogP contribution < -0.4 is 4.90 Å². The highest BCUT2D eigenvalue weighted by atomic mass is 35.5. The maximum Gasteiger partial charge on any atom is 0.0951 e. The van der Waals surface area contributed by atoms with Gasteiger partial charge in [0.05, 0.1) is 5.60 Å². The van der Waals surface area contributed by atoms with Crippen LogP contribution in [0.2, 0.25) is 0 Å². The van der Waals surface area contributed by atoms with Gasteiger partial charge in [-0.2, -0.15) is 0 Å². The van der Waals surface area contributed by atoms with E-state index in [0.717, 1.165) is 45.4 Å². The minimum atomic E-state index is -0.133. The van der Waals surface area contributed by atoms with Crippen LogP contribution in [0.4, 0.5) is 11.4 Å². The van der Waals surface area contributed by atoms with Gasteiger partial charge in [0, 0.05) is 38.1 Å². The molecule has 0 radical (unpaired) electrons. The maximum absolute atomic E-state index is 6.06. The van der Waals surface area contributed by atoms with Gasteiger partial charge >= 0.3 is 0 Å². The van der Waals surface area contributed by atoms with Crippen molar-refractivity contribution >= 4 is 35.9 Å². The number of hydrogen-bond donors (Lipinski definition) is 0. The van der Waals surface area contributed by atoms with Crippen LogP contribution in [0.5, 0.6) is 0 Å². The number of rotatable bonds is 6. The van der Waals surface area contributed by atoms with Crippen LogP contribution in [0.3, 0.4) is 0 Å². The molecule has 33 heavy (non-hydrogen) atoms. The first-order chi connectivity index (χ1) is 15.8. The number of likely N-dealkylation sites (tertiary alicyclic amines) is 1. The van der Waals surface area contributed by atoms with Gasteiger partial charge in [0.25, 0.3) is 0 Å². The number of para-hydroxylation sites is 2. The zero-order valence-electron chi connectivity index (χ0n) is 19.3. The van der Waals surface area contributed by atoms with E-state index in [2.05, 4.69) is 101 Å². The van der Waals surface area contributed by atoms with Crippen molar-refractivity contribution in [1.82, 2.24) is 4.90 Å². The molecule has 2 aliphatic rings. The van der Waals surface area contributed by atoms with Crippen molar-refractivity contribution < 1.29 is 4.74 Å². The summed E-state index contributed by atoms with van der Waals surface area (Å²) in [7, 11) is 1.87. The molecule has 2 aliphatic heterocycles. The van der Waals surface area contributed by atoms with Crippen LogP contribution in [0.25, 0.3) is 12.2 Å². The molecular weight excluding hydrogens is 428 g/mol. The lowest BCUT2D eigenvalue weighted by atomic mass is 9.84. The van der Waals surface area contributed by atoms with E-state index in [1.807, 2.05) is 7.11 Å². The van der Waals surface area contributed by atoms with Crippen molar-refractivity contribution in [2.24, 2.45) is 0 Å². The van der Waals surface area contributed by atoms with Crippen LogP contribution in [-0.2, 0) is 10.3 Å². The fourth-order valence-corrected chi connectivity index (χ4v) is 5.24. The van der Waals surface area contributed by atoms with Crippen LogP contribution in [-0.4, -0.2) is 38.2 Å². The number of fused-ring (bicyclic) bond motifs is 2. The van der Waals surface area contributed by atoms with Crippen molar-refractivity contribution in [3.05, 3.63) is 95.6 Å². The number of ether oxygens (including phenoxy) is 1. The molecule has 3 nitrogen and oxygen atoms in total. The number of nitrogens with zero attached hydrogens (tertiary/aromatic N) is 2. The van der Waals surface area contributed by atoms with E-state index in [-0.39, 0.29) is 18.0 Å². The van der Waals surface area contributed by atoms with Gasteiger partial charge in [0.1, 0.15) is 0 Å². The average Bonchev–Trinajstić information content (AvgIpc) is 3.02. The molecule has 0 amide bonds. The van der Waals surface area contributed by atoms with E-state index in [1.54, 1.807) is 0 Å². The summed E-state index contributed by atoms with van der Waals surface area (Å²) in [6, 6.07) is 28.2. The zero-order chi connectivity index (χ0) is 21.8. The Morgan fingerprint density at radius 1 is 0.727 bits per heavy atom. The minimum Gasteiger partial charge on any atom is -0.373 e. The molecule has 1 saturated heterocycles. The number of hydrogen-bond acceptors (Lipinski definition) is 3. The number of piperidine rings is 1. The SMILES string of the molecule is COC1(c2ccccc2)CCN(CCCN2c3ccccc3C=Cc3ccccc32)CC1.Cl. The zero-order valence-corrected chi connectivity index (χ0v) is 20.1. The highest BCUT2D eigenvalue weighted by Crippen LogP contribution is 2.37. The molecule has 0 bridgehead atoms. The predicted octanol–water partition coefficient (Wildman–Crippen LogP) is 6.76. The normalized spacial score (nSPS) is 16.9. The summed E-state index contributed by atoms with van der Waals surface area (Å²) in [4.78, 5) is 5.10. The van der Waals surface area contributed by atoms with E-state index >= 15 is 0 Å². The smallest absolute Gasteiger partial charge is 0.0951 e. The summed E-state index contributed by atoms with van der Waals surface area (Å²) < 4.78 is 6.06. The molecule has 172 valence electrons. The first kappa shape index (κ1) is 23.6. The molecule has 3 aromatic carbocycles. The topological polar surface area (TPSA) is 15.7 Å². The Kier molecular flexibility index (Phi) is 7.54. The summed E-state index contributed by atoms with van der Waals surface area (Å²) in [5, 5.41) is 0. The molecule has 2 heterocycles. The molecule has 0 aliphatic carbocycles. The van der Waals surface area contributed by atoms with Crippen LogP contribution in [0, 0.1) is 0 Å². The largest absolute Gasteiger partial charge is 0.373 e. The number of methoxy groups -OCH3 is 1. The van der Waals surface area contributed by atoms with Gasteiger partial charge < -0.3 is 14.5 Å². The Bertz CT molecular complexity index is 1020. The molecule has 3 aromatic rings. The van der Waals surface area contributed by atoms with Crippen LogP contribution >= 0.6 is 12.4 Å². The van der Waals surface area contributed by atoms with Gasteiger partial charge in [-0.1, -0.05) is 78.9 Å². The Balaban J connectivity index is 0.00000259. The molecule has 0 unspecified atom stereocenters. The third kappa shape index (κ3) is 4.86. The van der Waals surface area contributed by atoms with E-state index in [1.165, 1.54) is 28.1 Å². The fraction of sp³-hybridized carbons (Fsp3) is 0.310. The van der Waals surface area contributed by atoms with Gasteiger partial charge in [0.2, 0.25) is 0 Å². The fourth-order valence-electron chi connectivity index (χ4n) is 5.24. The second-order valence-electron chi connectivity index (χ2n) is 8.86. The standard InChI is InChI=1S/C29H32N2O.ClH/c1-32-29(26-12-3-2-4-13-26)18-22-30(23-19-29)20-9-21-31-27-14-7-5-10-24(27)16-17-25-11-6-8-15-28(25)31;/h2-8,10-17H,9,18-23H2,1H3;1H. The molecule has 1 fully saturated rings. The Morgan fingerprint density at radius 3 is 1.85 bits per heavy atom. The van der Waals surface area contributed by atoms with Gasteiger partial charge in [-0.15, -0.1) is 12.4 Å². The van der Waals surface area contributed by atoms with E-state index in [9.17, 15) is 0 Å². The summed E-state index contributed by atoms with van der Waals surface area (Å²) in [6.45, 7) is 4.29. The maximum atomic E-state index is 6.06. The quantitative estimate of drug-likeness (QED) is 0.404. The second kappa shape index (κ2) is 10.6. The molecule has 0 N–H and O–H groups in total. The summed E-state index contributed by atoms with van der Waals surface area (Å²) >= 11 is 0. The minimum absolute atomic E-state index is 0. The number of anilines is 2. The van der Waals surface area contributed by atoms with Crippen molar-refractivity contribution in [1.29, 1.82) is 0 Å². The second-order valence-corrected chi connectivity index (χ2v) is 8.86. The first-order valence-corrected chi connectivity index (χ1v) is 11.8. The Morgan fingerprint density at radius 2 is 1.27 bits per heavy atom. The van der Waals surface area contributed by atoms with E-state index in [0.29, 0.717) is 0 Å². The third-order valence-electron chi connectivity index (χ3n) is 7.11. The summed E-state index contributed by atoms with van der Waals surface area (Å²) in [5.41, 5.74) is 6.35. The predicted molar refractivity (Wildman–Crippen MR) is 141 cm³/mol. The number of halogens is 1. The van der Waals surface area contributed by atoms with Gasteiger partial charge in [-0.05, 0) is 54.6 Å². The highest BCUT2D eigenvalue weighted by Gasteiger charge is 2.36. The monoisotopic (exact) mass is 460 g/mol. The molecule has 0 aromatic heterocycles. The lowest BCUT2D eigenvalue weighted by Gasteiger charge is -2.41. The third-order valence-corrected chi connectivity index (χ3v) is 7.11. The molecule has 0 saturated carbocycles. The van der Waals surface area contributed by atoms with Gasteiger partial charge in [-0.3, -0.25) is 0 Å². The van der Waals surface area contributed by atoms with Crippen molar-refractivity contribution in [2.75, 3.05) is 38.2 Å². The summed E-state index contributed by atoms with van der Waals surface area (Å²) in [5.74, 6) is 0. The van der Waals surface area contributed by atoms with E-state index in [4.69, 9.17) is 4.74 Å². The Labute approximate surface area is 204 Å². The molecule has 4 heteroatoms. The van der Waals surface area contributed by atoms with Crippen LogP contribution in [0.15, 0.2) is 78.9 Å². The lowest BCUT2D eigenvalue weighted by molar-refractivity contribution is -0.0623. The Hall–Kier alpha value is -2.59. The van der Waals surface area contributed by atoms with Crippen LogP contribution in [0.1, 0.15) is 36.0 Å². The first-order valence-electron chi connectivity index (χ1n) is 11.8. The average molecular weight is 461 g/mol. The molecule has 0 atom stereocenters. The number of benzene rings is 3. The molecular formula is C29H33ClN2O. The van der Waals surface area contributed by atoms with Gasteiger partial charge in [-0.25, -0.2) is 0 Å². The van der Waals surface area contributed by atoms with E-state index < -0.39 is 0 Å². The van der Waals surface area contributed by atoms with Crippen molar-refractivity contribution in [3.8, 4) is 0 Å². The van der Waals surface area contributed by atoms with Crippen molar-refractivity contribution in [2.45, 2.75) is 24.9 Å². The molecule has 5 rings (SSSR count). The molecule has 0 spiro atoms.